The van der Waals surface area contributed by atoms with Crippen molar-refractivity contribution in [2.45, 2.75) is 11.0 Å². The summed E-state index contributed by atoms with van der Waals surface area (Å²) in [6.07, 6.45) is 2.23. The summed E-state index contributed by atoms with van der Waals surface area (Å²) in [5, 5.41) is 5.67. The Bertz CT molecular complexity index is 951. The van der Waals surface area contributed by atoms with E-state index in [1.807, 2.05) is 0 Å². The van der Waals surface area contributed by atoms with Crippen LogP contribution in [-0.4, -0.2) is 10.8 Å². The van der Waals surface area contributed by atoms with Crippen molar-refractivity contribution in [2.24, 2.45) is 0 Å². The maximum absolute atomic E-state index is 6.60. The van der Waals surface area contributed by atoms with Crippen molar-refractivity contribution >= 4 is 47.3 Å². The van der Waals surface area contributed by atoms with Crippen molar-refractivity contribution in [3.05, 3.63) is 121 Å². The Morgan fingerprint density at radius 2 is 0.903 bits per heavy atom. The molecule has 0 spiro atoms. The molecule has 0 bridgehead atoms. The number of rotatable bonds is 9. The van der Waals surface area contributed by atoms with E-state index in [4.69, 9.17) is 10.2 Å². The Balaban J connectivity index is 1.63. The molecule has 4 rings (SSSR count). The Labute approximate surface area is 198 Å². The van der Waals surface area contributed by atoms with Crippen LogP contribution in [0.15, 0.2) is 121 Å². The van der Waals surface area contributed by atoms with Gasteiger partial charge >= 0.3 is 199 Å². The molecule has 0 saturated heterocycles. The van der Waals surface area contributed by atoms with Crippen LogP contribution in [0.25, 0.3) is 0 Å². The predicted octanol–water partition coefficient (Wildman–Crippen LogP) is 6.20. The molecular formula is C27H25ClNiP2. The van der Waals surface area contributed by atoms with E-state index in [0.29, 0.717) is 4.63 Å². The van der Waals surface area contributed by atoms with E-state index < -0.39 is 15.8 Å². The van der Waals surface area contributed by atoms with Gasteiger partial charge in [0.2, 0.25) is 0 Å². The first-order chi connectivity index (χ1) is 15.4. The summed E-state index contributed by atoms with van der Waals surface area (Å²) in [5.41, 5.74) is 0. The van der Waals surface area contributed by atoms with Crippen molar-refractivity contribution < 1.29 is 13.5 Å². The third-order valence-electron chi connectivity index (χ3n) is 5.12. The summed E-state index contributed by atoms with van der Waals surface area (Å²) in [4.78, 5) is 0. The summed E-state index contributed by atoms with van der Waals surface area (Å²) in [6.45, 7) is 0. The third-order valence-corrected chi connectivity index (χ3v) is 12.9. The molecule has 0 aliphatic carbocycles. The van der Waals surface area contributed by atoms with E-state index >= 15 is 0 Å². The number of hydrogen-bond acceptors (Lipinski definition) is 0. The molecule has 0 nitrogen and oxygen atoms in total. The summed E-state index contributed by atoms with van der Waals surface area (Å²) < 4.78 is 0.381. The zero-order chi connectivity index (χ0) is 21.3. The molecule has 4 aromatic rings. The standard InChI is InChI=1S/C27H25P2.ClH.Ni/c1-5-14-24(15-6-1)28(25-16-7-2-8-17-25)22-13-23-29(26-18-9-3-10-19-26)27-20-11-4-12-21-27;;/h1-12,14-22H,13,23H2;1H;/q;;+1/p-1. The monoisotopic (exact) mass is 504 g/mol. The molecule has 0 fully saturated rings. The van der Waals surface area contributed by atoms with Gasteiger partial charge in [0, 0.05) is 0 Å². The van der Waals surface area contributed by atoms with Crippen LogP contribution in [0.4, 0.5) is 0 Å². The first kappa shape index (κ1) is 22.7. The van der Waals surface area contributed by atoms with Crippen molar-refractivity contribution in [3.8, 4) is 0 Å². The molecule has 0 aromatic heterocycles. The van der Waals surface area contributed by atoms with Crippen LogP contribution in [0, 0.1) is 0 Å². The average molecular weight is 506 g/mol. The zero-order valence-electron chi connectivity index (χ0n) is 17.1. The fourth-order valence-corrected chi connectivity index (χ4v) is 11.3. The molecular weight excluding hydrogens is 480 g/mol. The van der Waals surface area contributed by atoms with E-state index in [2.05, 4.69) is 121 Å². The van der Waals surface area contributed by atoms with Gasteiger partial charge in [-0.25, -0.2) is 0 Å². The van der Waals surface area contributed by atoms with Crippen molar-refractivity contribution in [1.82, 2.24) is 0 Å². The summed E-state index contributed by atoms with van der Waals surface area (Å²) in [5.74, 6) is 0. The van der Waals surface area contributed by atoms with Gasteiger partial charge in [-0.15, -0.1) is 0 Å². The SMILES string of the molecule is [Cl][Ni][CH](CCP(c1ccccc1)c1ccccc1)P(c1ccccc1)c1ccccc1. The first-order valence-electron chi connectivity index (χ1n) is 10.3. The minimum absolute atomic E-state index is 0.381. The molecule has 0 radical (unpaired) electrons. The average Bonchev–Trinajstić information content (AvgIpc) is 2.86. The second kappa shape index (κ2) is 11.9. The molecule has 0 heterocycles. The Kier molecular flexibility index (Phi) is 8.75. The Hall–Kier alpha value is -1.48. The van der Waals surface area contributed by atoms with Crippen LogP contribution in [0.3, 0.4) is 0 Å². The van der Waals surface area contributed by atoms with Gasteiger partial charge in [-0.2, -0.15) is 0 Å². The molecule has 0 amide bonds. The molecule has 1 atom stereocenters. The summed E-state index contributed by atoms with van der Waals surface area (Å²) in [7, 11) is 5.66. The van der Waals surface area contributed by atoms with Crippen LogP contribution in [-0.2, 0) is 13.5 Å². The molecule has 31 heavy (non-hydrogen) atoms. The summed E-state index contributed by atoms with van der Waals surface area (Å²) >= 11 is 1.30. The second-order valence-electron chi connectivity index (χ2n) is 7.11. The van der Waals surface area contributed by atoms with Crippen LogP contribution in [0.5, 0.6) is 0 Å². The quantitative estimate of drug-likeness (QED) is 0.188. The predicted molar refractivity (Wildman–Crippen MR) is 137 cm³/mol. The minimum atomic E-state index is -0.532. The number of halogens is 1. The molecule has 0 saturated carbocycles. The van der Waals surface area contributed by atoms with E-state index in [0.717, 1.165) is 12.6 Å². The maximum atomic E-state index is 6.60. The van der Waals surface area contributed by atoms with Gasteiger partial charge in [-0.1, -0.05) is 0 Å². The van der Waals surface area contributed by atoms with E-state index in [1.165, 1.54) is 34.8 Å². The number of hydrogen-bond donors (Lipinski definition) is 0. The van der Waals surface area contributed by atoms with E-state index in [1.54, 1.807) is 0 Å². The fraction of sp³-hybridized carbons (Fsp3) is 0.111. The zero-order valence-corrected chi connectivity index (χ0v) is 20.7. The van der Waals surface area contributed by atoms with Gasteiger partial charge in [0.05, 0.1) is 0 Å². The van der Waals surface area contributed by atoms with Crippen molar-refractivity contribution in [1.29, 1.82) is 0 Å². The normalized spacial score (nSPS) is 12.4. The molecule has 1 unspecified atom stereocenters. The molecule has 0 aliphatic heterocycles. The van der Waals surface area contributed by atoms with Crippen LogP contribution < -0.4 is 21.2 Å². The molecule has 160 valence electrons. The van der Waals surface area contributed by atoms with E-state index in [-0.39, 0.29) is 0 Å². The van der Waals surface area contributed by atoms with Gasteiger partial charge in [-0.3, -0.25) is 0 Å². The molecule has 4 aromatic carbocycles. The Morgan fingerprint density at radius 3 is 1.26 bits per heavy atom. The van der Waals surface area contributed by atoms with Crippen molar-refractivity contribution in [2.75, 3.05) is 6.16 Å². The molecule has 4 heteroatoms. The third kappa shape index (κ3) is 6.06. The van der Waals surface area contributed by atoms with Gasteiger partial charge < -0.3 is 0 Å². The fourth-order valence-electron chi connectivity index (χ4n) is 3.68. The van der Waals surface area contributed by atoms with Crippen LogP contribution >= 0.6 is 26.0 Å². The summed E-state index contributed by atoms with van der Waals surface area (Å²) in [6, 6.07) is 43.8. The topological polar surface area (TPSA) is 0 Å². The van der Waals surface area contributed by atoms with Crippen molar-refractivity contribution in [3.63, 3.8) is 0 Å². The van der Waals surface area contributed by atoms with Gasteiger partial charge in [-0.05, 0) is 0 Å². The van der Waals surface area contributed by atoms with Gasteiger partial charge in [0.1, 0.15) is 0 Å². The van der Waals surface area contributed by atoms with E-state index in [9.17, 15) is 0 Å². The van der Waals surface area contributed by atoms with Crippen LogP contribution in [0.1, 0.15) is 6.42 Å². The Morgan fingerprint density at radius 1 is 0.548 bits per heavy atom. The van der Waals surface area contributed by atoms with Crippen LogP contribution in [0.2, 0.25) is 0 Å². The van der Waals surface area contributed by atoms with Gasteiger partial charge in [0.15, 0.2) is 0 Å². The first-order valence-corrected chi connectivity index (χ1v) is 15.2. The van der Waals surface area contributed by atoms with Gasteiger partial charge in [0.25, 0.3) is 0 Å². The second-order valence-corrected chi connectivity index (χ2v) is 13.7. The number of benzene rings is 4. The molecule has 0 aliphatic rings. The molecule has 0 N–H and O–H groups in total.